The Morgan fingerprint density at radius 1 is 1.42 bits per heavy atom. The van der Waals surface area contributed by atoms with E-state index in [1.54, 1.807) is 0 Å². The number of hydrogen-bond acceptors (Lipinski definition) is 4. The Hall–Kier alpha value is -0.720. The first-order chi connectivity index (χ1) is 8.77. The quantitative estimate of drug-likeness (QED) is 0.835. The number of hydrogen-bond donors (Lipinski definition) is 1. The van der Waals surface area contributed by atoms with Crippen molar-refractivity contribution >= 4 is 49.6 Å². The van der Waals surface area contributed by atoms with Crippen LogP contribution in [0.25, 0.3) is 0 Å². The van der Waals surface area contributed by atoms with Gasteiger partial charge in [0.15, 0.2) is 5.13 Å². The minimum atomic E-state index is -0.103. The van der Waals surface area contributed by atoms with Crippen molar-refractivity contribution in [3.63, 3.8) is 0 Å². The van der Waals surface area contributed by atoms with Crippen molar-refractivity contribution in [1.29, 1.82) is 0 Å². The summed E-state index contributed by atoms with van der Waals surface area (Å²) >= 11 is 6.32. The van der Waals surface area contributed by atoms with Crippen LogP contribution in [-0.4, -0.2) is 10.9 Å². The van der Waals surface area contributed by atoms with E-state index in [2.05, 4.69) is 47.0 Å². The molecule has 0 fully saturated rings. The van der Waals surface area contributed by atoms with Gasteiger partial charge in [-0.15, -0.1) is 22.7 Å². The van der Waals surface area contributed by atoms with Crippen LogP contribution in [-0.2, 0) is 5.41 Å². The Bertz CT molecular complexity index is 591. The fourth-order valence-electron chi connectivity index (χ4n) is 1.41. The molecular formula is C13H15BrN2OS2. The fourth-order valence-corrected chi connectivity index (χ4v) is 3.77. The van der Waals surface area contributed by atoms with Gasteiger partial charge >= 0.3 is 0 Å². The lowest BCUT2D eigenvalue weighted by molar-refractivity contribution is 0.103. The molecular weight excluding hydrogens is 344 g/mol. The molecule has 0 aliphatic rings. The van der Waals surface area contributed by atoms with E-state index in [9.17, 15) is 4.79 Å². The lowest BCUT2D eigenvalue weighted by Gasteiger charge is -2.14. The molecule has 1 N–H and O–H groups in total. The third-order valence-electron chi connectivity index (χ3n) is 2.57. The summed E-state index contributed by atoms with van der Waals surface area (Å²) in [5, 5.41) is 5.49. The number of aryl methyl sites for hydroxylation is 1. The number of anilines is 1. The molecule has 19 heavy (non-hydrogen) atoms. The zero-order chi connectivity index (χ0) is 14.2. The summed E-state index contributed by atoms with van der Waals surface area (Å²) in [7, 11) is 0. The summed E-state index contributed by atoms with van der Waals surface area (Å²) in [6, 6.07) is 1.88. The summed E-state index contributed by atoms with van der Waals surface area (Å²) in [6.07, 6.45) is 0. The fraction of sp³-hybridized carbons (Fsp3) is 0.385. The Morgan fingerprint density at radius 2 is 2.11 bits per heavy atom. The SMILES string of the molecule is Cc1cc(C(=O)Nc2nc(C(C)(C)C)cs2)sc1Br. The second kappa shape index (κ2) is 5.34. The number of carbonyl (C=O) groups excluding carboxylic acids is 1. The van der Waals surface area contributed by atoms with Crippen LogP contribution in [0.5, 0.6) is 0 Å². The van der Waals surface area contributed by atoms with Gasteiger partial charge in [0, 0.05) is 10.8 Å². The normalized spacial score (nSPS) is 11.6. The summed E-state index contributed by atoms with van der Waals surface area (Å²) in [4.78, 5) is 17.2. The smallest absolute Gasteiger partial charge is 0.267 e. The Labute approximate surface area is 129 Å². The monoisotopic (exact) mass is 358 g/mol. The van der Waals surface area contributed by atoms with E-state index in [0.717, 1.165) is 15.0 Å². The summed E-state index contributed by atoms with van der Waals surface area (Å²) < 4.78 is 0.993. The van der Waals surface area contributed by atoms with Crippen molar-refractivity contribution in [2.24, 2.45) is 0 Å². The number of nitrogens with zero attached hydrogens (tertiary/aromatic N) is 1. The van der Waals surface area contributed by atoms with Crippen LogP contribution >= 0.6 is 38.6 Å². The highest BCUT2D eigenvalue weighted by atomic mass is 79.9. The van der Waals surface area contributed by atoms with Gasteiger partial charge in [-0.2, -0.15) is 0 Å². The van der Waals surface area contributed by atoms with Gasteiger partial charge in [-0.1, -0.05) is 20.8 Å². The molecule has 0 radical (unpaired) electrons. The number of amides is 1. The molecule has 0 saturated carbocycles. The third-order valence-corrected chi connectivity index (χ3v) is 5.47. The highest BCUT2D eigenvalue weighted by Crippen LogP contribution is 2.29. The van der Waals surface area contributed by atoms with E-state index < -0.39 is 0 Å². The molecule has 102 valence electrons. The number of rotatable bonds is 2. The van der Waals surface area contributed by atoms with Crippen LogP contribution in [0.4, 0.5) is 5.13 Å². The van der Waals surface area contributed by atoms with Crippen molar-refractivity contribution in [1.82, 2.24) is 4.98 Å². The summed E-state index contributed by atoms with van der Waals surface area (Å²) in [6.45, 7) is 8.28. The molecule has 2 rings (SSSR count). The van der Waals surface area contributed by atoms with Gasteiger partial charge in [0.1, 0.15) is 0 Å². The highest BCUT2D eigenvalue weighted by Gasteiger charge is 2.19. The second-order valence-corrected chi connectivity index (χ2v) is 8.54. The maximum atomic E-state index is 12.1. The van der Waals surface area contributed by atoms with Crippen LogP contribution < -0.4 is 5.32 Å². The van der Waals surface area contributed by atoms with Crippen LogP contribution in [0.3, 0.4) is 0 Å². The van der Waals surface area contributed by atoms with Crippen molar-refractivity contribution in [2.75, 3.05) is 5.32 Å². The van der Waals surface area contributed by atoms with Crippen molar-refractivity contribution in [3.8, 4) is 0 Å². The lowest BCUT2D eigenvalue weighted by Crippen LogP contribution is -2.13. The molecule has 3 nitrogen and oxygen atoms in total. The molecule has 0 spiro atoms. The molecule has 0 aliphatic heterocycles. The average Bonchev–Trinajstić information content (AvgIpc) is 2.86. The zero-order valence-corrected chi connectivity index (χ0v) is 14.4. The molecule has 2 aromatic rings. The van der Waals surface area contributed by atoms with E-state index in [4.69, 9.17) is 0 Å². The molecule has 0 unspecified atom stereocenters. The first kappa shape index (κ1) is 14.7. The first-order valence-corrected chi connectivity index (χ1v) is 8.29. The number of thiazole rings is 1. The lowest BCUT2D eigenvalue weighted by atomic mass is 9.93. The van der Waals surface area contributed by atoms with E-state index in [0.29, 0.717) is 10.0 Å². The summed E-state index contributed by atoms with van der Waals surface area (Å²) in [5.41, 5.74) is 2.07. The molecule has 0 bridgehead atoms. The van der Waals surface area contributed by atoms with Crippen LogP contribution in [0.15, 0.2) is 15.2 Å². The third kappa shape index (κ3) is 3.43. The van der Waals surface area contributed by atoms with Gasteiger partial charge in [-0.25, -0.2) is 4.98 Å². The van der Waals surface area contributed by atoms with Gasteiger partial charge < -0.3 is 0 Å². The average molecular weight is 359 g/mol. The van der Waals surface area contributed by atoms with Gasteiger partial charge in [0.2, 0.25) is 0 Å². The zero-order valence-electron chi connectivity index (χ0n) is 11.2. The summed E-state index contributed by atoms with van der Waals surface area (Å²) in [5.74, 6) is -0.103. The highest BCUT2D eigenvalue weighted by molar-refractivity contribution is 9.11. The number of carbonyl (C=O) groups is 1. The molecule has 1 amide bonds. The topological polar surface area (TPSA) is 42.0 Å². The van der Waals surface area contributed by atoms with Crippen LogP contribution in [0.1, 0.15) is 41.7 Å². The van der Waals surface area contributed by atoms with E-state index in [-0.39, 0.29) is 11.3 Å². The van der Waals surface area contributed by atoms with Gasteiger partial charge in [-0.05, 0) is 34.5 Å². The molecule has 6 heteroatoms. The standard InChI is InChI=1S/C13H15BrN2OS2/c1-7-5-8(19-10(7)14)11(17)16-12-15-9(6-18-12)13(2,3)4/h5-6H,1-4H3,(H,15,16,17). The molecule has 0 atom stereocenters. The maximum absolute atomic E-state index is 12.1. The van der Waals surface area contributed by atoms with Crippen LogP contribution in [0, 0.1) is 6.92 Å². The second-order valence-electron chi connectivity index (χ2n) is 5.31. The predicted octanol–water partition coefficient (Wildman–Crippen LogP) is 4.83. The van der Waals surface area contributed by atoms with Gasteiger partial charge in [0.25, 0.3) is 5.91 Å². The van der Waals surface area contributed by atoms with E-state index in [1.807, 2.05) is 18.4 Å². The number of nitrogens with one attached hydrogen (secondary N) is 1. The first-order valence-electron chi connectivity index (χ1n) is 5.80. The minimum absolute atomic E-state index is 0.00201. The molecule has 2 heterocycles. The maximum Gasteiger partial charge on any atom is 0.267 e. The van der Waals surface area contributed by atoms with Gasteiger partial charge in [0.05, 0.1) is 14.4 Å². The number of halogens is 1. The Balaban J connectivity index is 2.13. The van der Waals surface area contributed by atoms with Crippen molar-refractivity contribution in [2.45, 2.75) is 33.1 Å². The van der Waals surface area contributed by atoms with Crippen LogP contribution in [0.2, 0.25) is 0 Å². The Morgan fingerprint density at radius 3 is 2.58 bits per heavy atom. The number of aromatic nitrogens is 1. The number of thiophene rings is 1. The van der Waals surface area contributed by atoms with Gasteiger partial charge in [-0.3, -0.25) is 10.1 Å². The molecule has 0 aromatic carbocycles. The molecule has 2 aromatic heterocycles. The Kier molecular flexibility index (Phi) is 4.13. The molecule has 0 aliphatic carbocycles. The van der Waals surface area contributed by atoms with E-state index >= 15 is 0 Å². The minimum Gasteiger partial charge on any atom is -0.297 e. The van der Waals surface area contributed by atoms with Crippen molar-refractivity contribution in [3.05, 3.63) is 31.4 Å². The predicted molar refractivity (Wildman–Crippen MR) is 85.5 cm³/mol. The molecule has 0 saturated heterocycles. The largest absolute Gasteiger partial charge is 0.297 e. The van der Waals surface area contributed by atoms with Crippen molar-refractivity contribution < 1.29 is 4.79 Å². The van der Waals surface area contributed by atoms with E-state index in [1.165, 1.54) is 22.7 Å².